The number of rotatable bonds is 5. The molecule has 9 nitrogen and oxygen atoms in total. The highest BCUT2D eigenvalue weighted by molar-refractivity contribution is 7.15. The molecule has 1 amide bonds. The molecular weight excluding hydrogens is 524 g/mol. The number of hydrogen-bond acceptors (Lipinski definition) is 9. The van der Waals surface area contributed by atoms with Gasteiger partial charge in [-0.05, 0) is 47.2 Å². The largest absolute Gasteiger partial charge is 0.491 e. The molecule has 2 aromatic carbocycles. The number of ether oxygens (including phenoxy) is 2. The van der Waals surface area contributed by atoms with Gasteiger partial charge in [0.1, 0.15) is 23.7 Å². The summed E-state index contributed by atoms with van der Waals surface area (Å²) in [5, 5.41) is 13.0. The number of benzene rings is 2. The maximum atomic E-state index is 12.9. The number of amides is 1. The van der Waals surface area contributed by atoms with Crippen molar-refractivity contribution < 1.29 is 14.3 Å². The van der Waals surface area contributed by atoms with Crippen LogP contribution in [0.3, 0.4) is 0 Å². The molecular formula is C30H32N6O3S. The van der Waals surface area contributed by atoms with Crippen molar-refractivity contribution in [2.45, 2.75) is 38.1 Å². The molecule has 0 spiro atoms. The topological polar surface area (TPSA) is 102 Å². The normalized spacial score (nSPS) is 16.7. The summed E-state index contributed by atoms with van der Waals surface area (Å²) < 4.78 is 12.0. The quantitative estimate of drug-likeness (QED) is 0.377. The second-order valence-electron chi connectivity index (χ2n) is 10.2. The number of carbonyl (C=O) groups is 1. The van der Waals surface area contributed by atoms with E-state index in [9.17, 15) is 4.79 Å². The molecule has 1 aliphatic heterocycles. The van der Waals surface area contributed by atoms with Crippen LogP contribution in [-0.4, -0.2) is 63.9 Å². The molecule has 1 aliphatic carbocycles. The summed E-state index contributed by atoms with van der Waals surface area (Å²) >= 11 is 1.49. The van der Waals surface area contributed by atoms with Crippen LogP contribution in [0.4, 0.5) is 5.13 Å². The Morgan fingerprint density at radius 1 is 1.00 bits per heavy atom. The summed E-state index contributed by atoms with van der Waals surface area (Å²) in [4.78, 5) is 23.4. The van der Waals surface area contributed by atoms with Crippen molar-refractivity contribution in [3.63, 3.8) is 0 Å². The van der Waals surface area contributed by atoms with Crippen molar-refractivity contribution in [1.29, 1.82) is 0 Å². The molecule has 10 heteroatoms. The molecule has 2 aliphatic rings. The van der Waals surface area contributed by atoms with Gasteiger partial charge in [0.05, 0.1) is 19.8 Å². The molecule has 1 fully saturated rings. The average Bonchev–Trinajstić information content (AvgIpc) is 3.37. The third-order valence-corrected chi connectivity index (χ3v) is 8.29. The molecule has 0 atom stereocenters. The fraction of sp³-hybridized carbons (Fsp3) is 0.367. The molecule has 0 unspecified atom stereocenters. The van der Waals surface area contributed by atoms with Crippen LogP contribution >= 0.6 is 11.3 Å². The first-order valence-corrected chi connectivity index (χ1v) is 14.5. The van der Waals surface area contributed by atoms with Gasteiger partial charge in [-0.3, -0.25) is 15.0 Å². The van der Waals surface area contributed by atoms with Crippen LogP contribution in [0, 0.1) is 0 Å². The van der Waals surface area contributed by atoms with E-state index >= 15 is 0 Å². The summed E-state index contributed by atoms with van der Waals surface area (Å²) in [6.45, 7) is 2.92. The van der Waals surface area contributed by atoms with Crippen molar-refractivity contribution in [2.24, 2.45) is 0 Å². The lowest BCUT2D eigenvalue weighted by molar-refractivity contribution is -0.117. The van der Waals surface area contributed by atoms with E-state index in [1.807, 2.05) is 24.5 Å². The predicted molar refractivity (Wildman–Crippen MR) is 153 cm³/mol. The summed E-state index contributed by atoms with van der Waals surface area (Å²) in [5.74, 6) is 1.26. The summed E-state index contributed by atoms with van der Waals surface area (Å²) in [7, 11) is 0. The molecule has 1 saturated carbocycles. The number of fused-ring (bicyclic) bond motifs is 3. The van der Waals surface area contributed by atoms with E-state index in [1.54, 1.807) is 0 Å². The molecule has 2 bridgehead atoms. The van der Waals surface area contributed by atoms with E-state index in [0.717, 1.165) is 45.9 Å². The molecule has 0 saturated heterocycles. The van der Waals surface area contributed by atoms with E-state index in [-0.39, 0.29) is 12.5 Å². The van der Waals surface area contributed by atoms with E-state index in [0.29, 0.717) is 50.4 Å². The number of anilines is 1. The lowest BCUT2D eigenvalue weighted by Crippen LogP contribution is -2.35. The minimum Gasteiger partial charge on any atom is -0.491 e. The van der Waals surface area contributed by atoms with Crippen LogP contribution in [0.15, 0.2) is 61.2 Å². The lowest BCUT2D eigenvalue weighted by Gasteiger charge is -2.23. The minimum atomic E-state index is -0.0942. The zero-order chi connectivity index (χ0) is 27.1. The second kappa shape index (κ2) is 12.6. The van der Waals surface area contributed by atoms with Gasteiger partial charge in [-0.2, -0.15) is 0 Å². The molecule has 0 radical (unpaired) electrons. The first-order chi connectivity index (χ1) is 19.7. The van der Waals surface area contributed by atoms with Gasteiger partial charge in [-0.15, -0.1) is 10.2 Å². The third-order valence-electron chi connectivity index (χ3n) is 7.29. The van der Waals surface area contributed by atoms with Gasteiger partial charge >= 0.3 is 0 Å². The summed E-state index contributed by atoms with van der Waals surface area (Å²) in [5.41, 5.74) is 5.41. The van der Waals surface area contributed by atoms with Gasteiger partial charge in [0.25, 0.3) is 0 Å². The van der Waals surface area contributed by atoms with Crippen molar-refractivity contribution >= 4 is 22.4 Å². The zero-order valence-electron chi connectivity index (χ0n) is 22.3. The predicted octanol–water partition coefficient (Wildman–Crippen LogP) is 4.70. The standard InChI is InChI=1S/C30H32N6O3S/c37-28(33-30-35-34-29(40-30)23-5-2-6-23)19-36-9-10-38-11-12-39-27-8-7-24(26-16-31-20-32-17-26)15-25(27)14-21-3-1-4-22(13-21)18-36/h1,3-4,7-8,13,15-17,20,23H,2,5-6,9-12,14,18-19H2,(H,33,35,37). The number of carbonyl (C=O) groups excluding carboxylic acids is 1. The molecule has 2 aromatic heterocycles. The number of nitrogens with zero attached hydrogens (tertiary/aromatic N) is 5. The highest BCUT2D eigenvalue weighted by atomic mass is 32.1. The van der Waals surface area contributed by atoms with E-state index in [4.69, 9.17) is 9.47 Å². The highest BCUT2D eigenvalue weighted by Crippen LogP contribution is 2.38. The molecule has 40 heavy (non-hydrogen) atoms. The number of nitrogens with one attached hydrogen (secondary N) is 1. The Hall–Kier alpha value is -3.73. The Balaban J connectivity index is 1.17. The second-order valence-corrected chi connectivity index (χ2v) is 11.2. The molecule has 4 aromatic rings. The Kier molecular flexibility index (Phi) is 8.36. The van der Waals surface area contributed by atoms with Gasteiger partial charge in [0.2, 0.25) is 11.0 Å². The number of aromatic nitrogens is 4. The Labute approximate surface area is 237 Å². The summed E-state index contributed by atoms with van der Waals surface area (Å²) in [6.07, 6.45) is 9.45. The maximum Gasteiger partial charge on any atom is 0.240 e. The van der Waals surface area contributed by atoms with E-state index in [2.05, 4.69) is 60.7 Å². The van der Waals surface area contributed by atoms with Gasteiger partial charge in [0, 0.05) is 43.4 Å². The molecule has 1 N–H and O–H groups in total. The Morgan fingerprint density at radius 3 is 2.73 bits per heavy atom. The van der Waals surface area contributed by atoms with Gasteiger partial charge in [-0.1, -0.05) is 48.1 Å². The van der Waals surface area contributed by atoms with Crippen LogP contribution in [0.25, 0.3) is 11.1 Å². The molecule has 3 heterocycles. The third kappa shape index (κ3) is 6.70. The smallest absolute Gasteiger partial charge is 0.240 e. The molecule has 6 rings (SSSR count). The van der Waals surface area contributed by atoms with Crippen LogP contribution in [0.5, 0.6) is 5.75 Å². The molecule has 206 valence electrons. The van der Waals surface area contributed by atoms with Crippen molar-refractivity contribution in [2.75, 3.05) is 38.2 Å². The zero-order valence-corrected chi connectivity index (χ0v) is 23.1. The maximum absolute atomic E-state index is 12.9. The fourth-order valence-electron chi connectivity index (χ4n) is 4.99. The number of hydrogen-bond donors (Lipinski definition) is 1. The highest BCUT2D eigenvalue weighted by Gasteiger charge is 2.24. The van der Waals surface area contributed by atoms with Crippen LogP contribution in [0.1, 0.15) is 46.9 Å². The van der Waals surface area contributed by atoms with E-state index in [1.165, 1.54) is 29.6 Å². The fourth-order valence-corrected chi connectivity index (χ4v) is 5.92. The average molecular weight is 557 g/mol. The van der Waals surface area contributed by atoms with Gasteiger partial charge in [0.15, 0.2) is 0 Å². The minimum absolute atomic E-state index is 0.0942. The Morgan fingerprint density at radius 2 is 1.88 bits per heavy atom. The monoisotopic (exact) mass is 556 g/mol. The van der Waals surface area contributed by atoms with Crippen molar-refractivity contribution in [1.82, 2.24) is 25.1 Å². The summed E-state index contributed by atoms with van der Waals surface area (Å²) in [6, 6.07) is 14.7. The first kappa shape index (κ1) is 26.5. The van der Waals surface area contributed by atoms with Gasteiger partial charge in [-0.25, -0.2) is 9.97 Å². The SMILES string of the molecule is O=C(CN1CCOCCOc2ccc(-c3cncnc3)cc2Cc2cccc(c2)C1)Nc1nnc(C2CCC2)s1. The lowest BCUT2D eigenvalue weighted by atomic mass is 9.86. The van der Waals surface area contributed by atoms with E-state index < -0.39 is 0 Å². The van der Waals surface area contributed by atoms with Crippen molar-refractivity contribution in [3.05, 3.63) is 82.9 Å². The van der Waals surface area contributed by atoms with Gasteiger partial charge < -0.3 is 9.47 Å². The van der Waals surface area contributed by atoms with Crippen LogP contribution in [0.2, 0.25) is 0 Å². The van der Waals surface area contributed by atoms with Crippen molar-refractivity contribution in [3.8, 4) is 16.9 Å². The Bertz CT molecular complexity index is 1440. The van der Waals surface area contributed by atoms with Crippen LogP contribution < -0.4 is 10.1 Å². The first-order valence-electron chi connectivity index (χ1n) is 13.7. The van der Waals surface area contributed by atoms with Crippen LogP contribution in [-0.2, 0) is 22.5 Å².